The molecule has 1 saturated carbocycles. The van der Waals surface area contributed by atoms with Gasteiger partial charge in [0.2, 0.25) is 0 Å². The summed E-state index contributed by atoms with van der Waals surface area (Å²) in [6, 6.07) is 5.97. The molecular formula is C15H19ClN2S. The van der Waals surface area contributed by atoms with E-state index in [0.717, 1.165) is 21.9 Å². The summed E-state index contributed by atoms with van der Waals surface area (Å²) >= 11 is 11.5. The average molecular weight is 295 g/mol. The molecule has 1 heterocycles. The maximum absolute atomic E-state index is 6.04. The third kappa shape index (κ3) is 2.34. The van der Waals surface area contributed by atoms with Crippen LogP contribution >= 0.6 is 23.8 Å². The number of nitrogens with zero attached hydrogens (tertiary/aromatic N) is 1. The first-order chi connectivity index (χ1) is 9.13. The van der Waals surface area contributed by atoms with Crippen LogP contribution in [0, 0.1) is 10.2 Å². The van der Waals surface area contributed by atoms with Gasteiger partial charge < -0.3 is 9.55 Å². The zero-order valence-electron chi connectivity index (χ0n) is 11.2. The van der Waals surface area contributed by atoms with Crippen LogP contribution in [0.4, 0.5) is 0 Å². The molecule has 1 fully saturated rings. The monoisotopic (exact) mass is 294 g/mol. The van der Waals surface area contributed by atoms with Crippen molar-refractivity contribution in [3.05, 3.63) is 28.0 Å². The Hall–Kier alpha value is -0.800. The van der Waals surface area contributed by atoms with E-state index in [1.165, 1.54) is 37.6 Å². The van der Waals surface area contributed by atoms with E-state index in [2.05, 4.69) is 22.5 Å². The van der Waals surface area contributed by atoms with Crippen molar-refractivity contribution in [3.63, 3.8) is 0 Å². The minimum Gasteiger partial charge on any atom is -0.331 e. The van der Waals surface area contributed by atoms with Gasteiger partial charge in [0.1, 0.15) is 0 Å². The first-order valence-corrected chi connectivity index (χ1v) is 7.80. The number of hydrogen-bond donors (Lipinski definition) is 1. The molecule has 0 amide bonds. The van der Waals surface area contributed by atoms with Crippen LogP contribution in [0.3, 0.4) is 0 Å². The molecule has 1 aliphatic carbocycles. The van der Waals surface area contributed by atoms with E-state index >= 15 is 0 Å². The van der Waals surface area contributed by atoms with Gasteiger partial charge in [0.05, 0.1) is 11.0 Å². The van der Waals surface area contributed by atoms with Crippen LogP contribution in [-0.4, -0.2) is 9.55 Å². The van der Waals surface area contributed by atoms with Crippen LogP contribution in [0.5, 0.6) is 0 Å². The normalized spacial score (nSPS) is 18.2. The van der Waals surface area contributed by atoms with E-state index in [9.17, 15) is 0 Å². The molecule has 0 saturated heterocycles. The minimum absolute atomic E-state index is 0.437. The lowest BCUT2D eigenvalue weighted by molar-refractivity contribution is 0.239. The fraction of sp³-hybridized carbons (Fsp3) is 0.533. The van der Waals surface area contributed by atoms with Gasteiger partial charge in [-0.1, -0.05) is 31.4 Å². The fourth-order valence-corrected chi connectivity index (χ4v) is 3.82. The number of fused-ring (bicyclic) bond motifs is 1. The number of rotatable bonds is 3. The molecule has 0 aliphatic heterocycles. The average Bonchev–Trinajstić information content (AvgIpc) is 2.96. The molecule has 0 unspecified atom stereocenters. The SMILES string of the molecule is CCC1(Cn2c(=S)[nH]c3cc(Cl)ccc32)CCCC1. The standard InChI is InChI=1S/C15H19ClN2S/c1-2-15(7-3-4-8-15)10-18-13-6-5-11(16)9-12(13)17-14(18)19/h5-6,9H,2-4,7-8,10H2,1H3,(H,17,19). The second kappa shape index (κ2) is 4.95. The highest BCUT2D eigenvalue weighted by Gasteiger charge is 2.32. The number of aromatic amines is 1. The summed E-state index contributed by atoms with van der Waals surface area (Å²) < 4.78 is 3.08. The minimum atomic E-state index is 0.437. The van der Waals surface area contributed by atoms with Crippen molar-refractivity contribution >= 4 is 34.9 Å². The predicted molar refractivity (Wildman–Crippen MR) is 83.3 cm³/mol. The van der Waals surface area contributed by atoms with Crippen molar-refractivity contribution < 1.29 is 0 Å². The van der Waals surface area contributed by atoms with Crippen LogP contribution in [0.2, 0.25) is 5.02 Å². The van der Waals surface area contributed by atoms with Gasteiger partial charge in [-0.05, 0) is 55.1 Å². The largest absolute Gasteiger partial charge is 0.331 e. The van der Waals surface area contributed by atoms with Crippen molar-refractivity contribution in [3.8, 4) is 0 Å². The van der Waals surface area contributed by atoms with Crippen molar-refractivity contribution in [2.24, 2.45) is 5.41 Å². The molecule has 0 spiro atoms. The molecule has 2 aromatic rings. The van der Waals surface area contributed by atoms with Crippen LogP contribution in [0.25, 0.3) is 11.0 Å². The van der Waals surface area contributed by atoms with Gasteiger partial charge in [0.25, 0.3) is 0 Å². The first kappa shape index (κ1) is 13.2. The Balaban J connectivity index is 2.05. The number of halogens is 1. The second-order valence-electron chi connectivity index (χ2n) is 5.74. The van der Waals surface area contributed by atoms with Crippen LogP contribution in [0.1, 0.15) is 39.0 Å². The molecule has 102 valence electrons. The molecule has 3 rings (SSSR count). The molecule has 0 bridgehead atoms. The van der Waals surface area contributed by atoms with E-state index in [1.807, 2.05) is 12.1 Å². The van der Waals surface area contributed by atoms with Gasteiger partial charge >= 0.3 is 0 Å². The fourth-order valence-electron chi connectivity index (χ4n) is 3.38. The molecule has 1 aromatic heterocycles. The van der Waals surface area contributed by atoms with Crippen molar-refractivity contribution in [1.82, 2.24) is 9.55 Å². The van der Waals surface area contributed by atoms with Crippen molar-refractivity contribution in [2.45, 2.75) is 45.6 Å². The molecule has 1 aromatic carbocycles. The first-order valence-electron chi connectivity index (χ1n) is 7.02. The Morgan fingerprint density at radius 2 is 2.11 bits per heavy atom. The zero-order chi connectivity index (χ0) is 13.5. The lowest BCUT2D eigenvalue weighted by atomic mass is 9.83. The summed E-state index contributed by atoms with van der Waals surface area (Å²) in [7, 11) is 0. The lowest BCUT2D eigenvalue weighted by Gasteiger charge is -2.28. The Labute approximate surface area is 123 Å². The van der Waals surface area contributed by atoms with Gasteiger partial charge in [0.15, 0.2) is 4.77 Å². The lowest BCUT2D eigenvalue weighted by Crippen LogP contribution is -2.22. The number of benzene rings is 1. The molecular weight excluding hydrogens is 276 g/mol. The number of H-pyrrole nitrogens is 1. The van der Waals surface area contributed by atoms with Crippen LogP contribution in [-0.2, 0) is 6.54 Å². The van der Waals surface area contributed by atoms with E-state index in [1.54, 1.807) is 0 Å². The van der Waals surface area contributed by atoms with Gasteiger partial charge in [-0.3, -0.25) is 0 Å². The zero-order valence-corrected chi connectivity index (χ0v) is 12.8. The smallest absolute Gasteiger partial charge is 0.178 e. The number of imidazole rings is 1. The van der Waals surface area contributed by atoms with Crippen molar-refractivity contribution in [1.29, 1.82) is 0 Å². The molecule has 0 radical (unpaired) electrons. The summed E-state index contributed by atoms with van der Waals surface area (Å²) in [4.78, 5) is 3.28. The second-order valence-corrected chi connectivity index (χ2v) is 6.56. The van der Waals surface area contributed by atoms with Crippen LogP contribution < -0.4 is 0 Å². The molecule has 1 N–H and O–H groups in total. The highest BCUT2D eigenvalue weighted by Crippen LogP contribution is 2.42. The number of aromatic nitrogens is 2. The number of nitrogens with one attached hydrogen (secondary N) is 1. The maximum atomic E-state index is 6.04. The molecule has 2 nitrogen and oxygen atoms in total. The third-order valence-electron chi connectivity index (χ3n) is 4.64. The highest BCUT2D eigenvalue weighted by atomic mass is 35.5. The summed E-state index contributed by atoms with van der Waals surface area (Å²) in [5.41, 5.74) is 2.66. The van der Waals surface area contributed by atoms with Gasteiger partial charge in [0, 0.05) is 11.6 Å². The van der Waals surface area contributed by atoms with Gasteiger partial charge in [-0.15, -0.1) is 0 Å². The summed E-state index contributed by atoms with van der Waals surface area (Å²) in [5, 5.41) is 0.752. The summed E-state index contributed by atoms with van der Waals surface area (Å²) in [6.45, 7) is 3.34. The Morgan fingerprint density at radius 1 is 1.37 bits per heavy atom. The highest BCUT2D eigenvalue weighted by molar-refractivity contribution is 7.71. The van der Waals surface area contributed by atoms with E-state index < -0.39 is 0 Å². The van der Waals surface area contributed by atoms with Crippen molar-refractivity contribution in [2.75, 3.05) is 0 Å². The van der Waals surface area contributed by atoms with Gasteiger partial charge in [-0.2, -0.15) is 0 Å². The van der Waals surface area contributed by atoms with Gasteiger partial charge in [-0.25, -0.2) is 0 Å². The van der Waals surface area contributed by atoms with E-state index in [0.29, 0.717) is 5.41 Å². The Bertz CT molecular complexity index is 650. The molecule has 1 aliphatic rings. The Morgan fingerprint density at radius 3 is 2.79 bits per heavy atom. The third-order valence-corrected chi connectivity index (χ3v) is 5.20. The topological polar surface area (TPSA) is 20.7 Å². The maximum Gasteiger partial charge on any atom is 0.178 e. The predicted octanol–water partition coefficient (Wildman–Crippen LogP) is 5.32. The quantitative estimate of drug-likeness (QED) is 0.760. The molecule has 4 heteroatoms. The van der Waals surface area contributed by atoms with E-state index in [4.69, 9.17) is 23.8 Å². The molecule has 19 heavy (non-hydrogen) atoms. The summed E-state index contributed by atoms with van der Waals surface area (Å²) in [5.74, 6) is 0. The van der Waals surface area contributed by atoms with Crippen LogP contribution in [0.15, 0.2) is 18.2 Å². The molecule has 0 atom stereocenters. The Kier molecular flexibility index (Phi) is 3.44. The number of hydrogen-bond acceptors (Lipinski definition) is 1. The van der Waals surface area contributed by atoms with E-state index in [-0.39, 0.29) is 0 Å². The summed E-state index contributed by atoms with van der Waals surface area (Å²) in [6.07, 6.45) is 6.59.